The van der Waals surface area contributed by atoms with E-state index < -0.39 is 22.5 Å². The van der Waals surface area contributed by atoms with Crippen molar-refractivity contribution in [3.8, 4) is 5.75 Å². The highest BCUT2D eigenvalue weighted by molar-refractivity contribution is 9.10. The molecule has 2 amide bonds. The summed E-state index contributed by atoms with van der Waals surface area (Å²) in [5, 5.41) is 5.48. The summed E-state index contributed by atoms with van der Waals surface area (Å²) in [4.78, 5) is 25.6. The van der Waals surface area contributed by atoms with E-state index in [1.807, 2.05) is 13.8 Å². The number of nitrogens with one attached hydrogen (secondary N) is 2. The fourth-order valence-electron chi connectivity index (χ4n) is 3.40. The lowest BCUT2D eigenvalue weighted by atomic mass is 10.1. The standard InChI is InChI=1S/C26H28BrN3O5S/c1-4-15-28-26(32)21-7-5-6-8-23(21)29-25(31)17-30(19-11-9-18(2)10-12-19)36(33,34)20-13-14-24(35-3)22(27)16-20/h5-14,16H,4,15,17H2,1-3H3,(H,28,32)(H,29,31). The average molecular weight is 574 g/mol. The summed E-state index contributed by atoms with van der Waals surface area (Å²) in [6.07, 6.45) is 0.769. The first-order valence-electron chi connectivity index (χ1n) is 11.3. The van der Waals surface area contributed by atoms with Gasteiger partial charge in [-0.3, -0.25) is 13.9 Å². The van der Waals surface area contributed by atoms with Gasteiger partial charge in [0.1, 0.15) is 12.3 Å². The van der Waals surface area contributed by atoms with Crippen molar-refractivity contribution >= 4 is 49.1 Å². The third kappa shape index (κ3) is 6.44. The molecule has 0 heterocycles. The number of para-hydroxylation sites is 1. The molecule has 0 bridgehead atoms. The predicted molar refractivity (Wildman–Crippen MR) is 144 cm³/mol. The van der Waals surface area contributed by atoms with Crippen molar-refractivity contribution in [2.75, 3.05) is 29.8 Å². The molecule has 0 spiro atoms. The Morgan fingerprint density at radius 1 is 1.03 bits per heavy atom. The SMILES string of the molecule is CCCNC(=O)c1ccccc1NC(=O)CN(c1ccc(C)cc1)S(=O)(=O)c1ccc(OC)c(Br)c1. The number of aryl methyl sites for hydroxylation is 1. The van der Waals surface area contributed by atoms with Gasteiger partial charge in [0.05, 0.1) is 33.4 Å². The Morgan fingerprint density at radius 3 is 2.36 bits per heavy atom. The van der Waals surface area contributed by atoms with Crippen LogP contribution in [0.1, 0.15) is 29.3 Å². The topological polar surface area (TPSA) is 105 Å². The number of amides is 2. The average Bonchev–Trinajstić information content (AvgIpc) is 2.86. The second kappa shape index (κ2) is 12.0. The van der Waals surface area contributed by atoms with E-state index in [1.165, 1.54) is 25.3 Å². The van der Waals surface area contributed by atoms with Gasteiger partial charge in [-0.15, -0.1) is 0 Å². The van der Waals surface area contributed by atoms with Crippen LogP contribution in [0.2, 0.25) is 0 Å². The zero-order valence-electron chi connectivity index (χ0n) is 20.2. The molecular weight excluding hydrogens is 546 g/mol. The van der Waals surface area contributed by atoms with Gasteiger partial charge >= 0.3 is 0 Å². The quantitative estimate of drug-likeness (QED) is 0.364. The van der Waals surface area contributed by atoms with Crippen LogP contribution < -0.4 is 19.7 Å². The van der Waals surface area contributed by atoms with Crippen molar-refractivity contribution in [2.45, 2.75) is 25.2 Å². The molecule has 0 unspecified atom stereocenters. The summed E-state index contributed by atoms with van der Waals surface area (Å²) in [7, 11) is -2.65. The van der Waals surface area contributed by atoms with E-state index in [0.717, 1.165) is 16.3 Å². The van der Waals surface area contributed by atoms with E-state index in [4.69, 9.17) is 4.74 Å². The summed E-state index contributed by atoms with van der Waals surface area (Å²) in [5.74, 6) is -0.437. The number of carbonyl (C=O) groups is 2. The molecule has 0 atom stereocenters. The molecule has 2 N–H and O–H groups in total. The molecule has 0 fully saturated rings. The summed E-state index contributed by atoms with van der Waals surface area (Å²) >= 11 is 3.32. The van der Waals surface area contributed by atoms with Gasteiger partial charge in [-0.2, -0.15) is 0 Å². The van der Waals surface area contributed by atoms with Crippen LogP contribution in [0, 0.1) is 6.92 Å². The normalized spacial score (nSPS) is 11.0. The summed E-state index contributed by atoms with van der Waals surface area (Å²) in [5.41, 5.74) is 1.86. The minimum Gasteiger partial charge on any atom is -0.496 e. The molecule has 3 rings (SSSR count). The number of rotatable bonds is 10. The number of sulfonamides is 1. The van der Waals surface area contributed by atoms with Crippen molar-refractivity contribution in [3.63, 3.8) is 0 Å². The number of halogens is 1. The number of methoxy groups -OCH3 is 1. The maximum atomic E-state index is 13.7. The molecule has 3 aromatic carbocycles. The second-order valence-corrected chi connectivity index (χ2v) is 10.7. The van der Waals surface area contributed by atoms with Crippen molar-refractivity contribution in [3.05, 3.63) is 82.3 Å². The largest absolute Gasteiger partial charge is 0.496 e. The lowest BCUT2D eigenvalue weighted by Gasteiger charge is -2.25. The Bertz CT molecular complexity index is 1340. The predicted octanol–water partition coefficient (Wildman–Crippen LogP) is 4.74. The van der Waals surface area contributed by atoms with E-state index in [0.29, 0.717) is 33.7 Å². The zero-order valence-corrected chi connectivity index (χ0v) is 22.6. The van der Waals surface area contributed by atoms with E-state index in [2.05, 4.69) is 26.6 Å². The zero-order chi connectivity index (χ0) is 26.3. The molecule has 36 heavy (non-hydrogen) atoms. The number of hydrogen-bond acceptors (Lipinski definition) is 5. The summed E-state index contributed by atoms with van der Waals surface area (Å²) < 4.78 is 34.0. The van der Waals surface area contributed by atoms with Gasteiger partial charge in [-0.05, 0) is 71.7 Å². The number of hydrogen-bond donors (Lipinski definition) is 2. The van der Waals surface area contributed by atoms with Gasteiger partial charge in [-0.25, -0.2) is 8.42 Å². The van der Waals surface area contributed by atoms with Crippen LogP contribution in [0.5, 0.6) is 5.75 Å². The molecule has 0 aliphatic carbocycles. The first kappa shape index (κ1) is 27.2. The van der Waals surface area contributed by atoms with Crippen LogP contribution >= 0.6 is 15.9 Å². The number of carbonyl (C=O) groups excluding carboxylic acids is 2. The molecule has 8 nitrogen and oxygen atoms in total. The fourth-order valence-corrected chi connectivity index (χ4v) is 5.54. The molecule has 0 aromatic heterocycles. The highest BCUT2D eigenvalue weighted by Gasteiger charge is 2.28. The van der Waals surface area contributed by atoms with Crippen LogP contribution in [0.25, 0.3) is 0 Å². The molecule has 0 saturated carbocycles. The van der Waals surface area contributed by atoms with E-state index >= 15 is 0 Å². The lowest BCUT2D eigenvalue weighted by Crippen LogP contribution is -2.38. The van der Waals surface area contributed by atoms with Crippen molar-refractivity contribution in [1.82, 2.24) is 5.32 Å². The first-order valence-corrected chi connectivity index (χ1v) is 13.5. The smallest absolute Gasteiger partial charge is 0.264 e. The molecule has 3 aromatic rings. The maximum Gasteiger partial charge on any atom is 0.264 e. The van der Waals surface area contributed by atoms with Gasteiger partial charge in [0.2, 0.25) is 5.91 Å². The maximum absolute atomic E-state index is 13.7. The van der Waals surface area contributed by atoms with Gasteiger partial charge in [0.15, 0.2) is 0 Å². The van der Waals surface area contributed by atoms with Crippen LogP contribution in [0.3, 0.4) is 0 Å². The molecule has 0 aliphatic rings. The molecule has 0 radical (unpaired) electrons. The third-order valence-corrected chi connectivity index (χ3v) is 7.69. The van der Waals surface area contributed by atoms with Crippen LogP contribution in [-0.4, -0.2) is 40.4 Å². The minimum atomic E-state index is -4.13. The Hall–Kier alpha value is -3.37. The fraction of sp³-hybridized carbons (Fsp3) is 0.231. The molecule has 190 valence electrons. The first-order chi connectivity index (χ1) is 17.2. The molecular formula is C26H28BrN3O5S. The molecule has 0 saturated heterocycles. The van der Waals surface area contributed by atoms with E-state index in [9.17, 15) is 18.0 Å². The van der Waals surface area contributed by atoms with Crippen LogP contribution in [0.4, 0.5) is 11.4 Å². The minimum absolute atomic E-state index is 0.0112. The van der Waals surface area contributed by atoms with Gasteiger partial charge in [0, 0.05) is 6.54 Å². The van der Waals surface area contributed by atoms with Crippen molar-refractivity contribution in [2.24, 2.45) is 0 Å². The van der Waals surface area contributed by atoms with Crippen LogP contribution in [0.15, 0.2) is 76.1 Å². The number of ether oxygens (including phenoxy) is 1. The van der Waals surface area contributed by atoms with Gasteiger partial charge in [-0.1, -0.05) is 36.8 Å². The van der Waals surface area contributed by atoms with E-state index in [-0.39, 0.29) is 10.8 Å². The Labute approximate surface area is 219 Å². The van der Waals surface area contributed by atoms with Crippen LogP contribution in [-0.2, 0) is 14.8 Å². The molecule has 10 heteroatoms. The summed E-state index contributed by atoms with van der Waals surface area (Å²) in [6, 6.07) is 17.8. The molecule has 0 aliphatic heterocycles. The highest BCUT2D eigenvalue weighted by atomic mass is 79.9. The van der Waals surface area contributed by atoms with Crippen molar-refractivity contribution in [1.29, 1.82) is 0 Å². The Kier molecular flexibility index (Phi) is 9.11. The summed E-state index contributed by atoms with van der Waals surface area (Å²) in [6.45, 7) is 3.82. The third-order valence-electron chi connectivity index (χ3n) is 5.30. The number of nitrogens with zero attached hydrogens (tertiary/aromatic N) is 1. The van der Waals surface area contributed by atoms with E-state index in [1.54, 1.807) is 48.5 Å². The monoisotopic (exact) mass is 573 g/mol. The van der Waals surface area contributed by atoms with Gasteiger partial charge in [0.25, 0.3) is 15.9 Å². The number of benzene rings is 3. The number of anilines is 2. The Balaban J connectivity index is 1.94. The van der Waals surface area contributed by atoms with Gasteiger partial charge < -0.3 is 15.4 Å². The second-order valence-electron chi connectivity index (χ2n) is 7.99. The Morgan fingerprint density at radius 2 is 1.72 bits per heavy atom. The lowest BCUT2D eigenvalue weighted by molar-refractivity contribution is -0.114. The highest BCUT2D eigenvalue weighted by Crippen LogP contribution is 2.31. The van der Waals surface area contributed by atoms with Crippen molar-refractivity contribution < 1.29 is 22.7 Å².